The molecular weight excluding hydrogens is 206 g/mol. The van der Waals surface area contributed by atoms with Crippen molar-refractivity contribution in [1.29, 1.82) is 0 Å². The fourth-order valence-electron chi connectivity index (χ4n) is 1.73. The second-order valence-corrected chi connectivity index (χ2v) is 4.42. The highest BCUT2D eigenvalue weighted by atomic mass is 16.3. The molecule has 94 valence electrons. The molecule has 0 aliphatic carbocycles. The Kier molecular flexibility index (Phi) is 5.73. The third kappa shape index (κ3) is 4.08. The van der Waals surface area contributed by atoms with Crippen molar-refractivity contribution in [3.8, 4) is 0 Å². The molecule has 1 rings (SSSR count). The smallest absolute Gasteiger partial charge is 0.236 e. The minimum absolute atomic E-state index is 0.0177. The van der Waals surface area contributed by atoms with Crippen LogP contribution in [-0.4, -0.2) is 73.2 Å². The maximum Gasteiger partial charge on any atom is 0.236 e. The van der Waals surface area contributed by atoms with Crippen LogP contribution >= 0.6 is 0 Å². The van der Waals surface area contributed by atoms with Crippen LogP contribution in [-0.2, 0) is 4.79 Å². The van der Waals surface area contributed by atoms with E-state index in [4.69, 9.17) is 5.11 Å². The topological polar surface area (TPSA) is 55.8 Å². The Balaban J connectivity index is 2.37. The first-order valence-electron chi connectivity index (χ1n) is 5.94. The molecule has 16 heavy (non-hydrogen) atoms. The van der Waals surface area contributed by atoms with Gasteiger partial charge < -0.3 is 15.3 Å². The molecule has 2 N–H and O–H groups in total. The lowest BCUT2D eigenvalue weighted by atomic mass is 10.3. The zero-order valence-electron chi connectivity index (χ0n) is 10.3. The van der Waals surface area contributed by atoms with Gasteiger partial charge in [-0.2, -0.15) is 0 Å². The summed E-state index contributed by atoms with van der Waals surface area (Å²) in [4.78, 5) is 15.7. The zero-order chi connectivity index (χ0) is 12.0. The Labute approximate surface area is 97.4 Å². The highest BCUT2D eigenvalue weighted by molar-refractivity contribution is 5.78. The van der Waals surface area contributed by atoms with E-state index < -0.39 is 0 Å². The van der Waals surface area contributed by atoms with Crippen LogP contribution in [0.15, 0.2) is 0 Å². The number of rotatable bonds is 4. The summed E-state index contributed by atoms with van der Waals surface area (Å²) in [6, 6.07) is -0.0994. The van der Waals surface area contributed by atoms with Gasteiger partial charge in [0.25, 0.3) is 0 Å². The van der Waals surface area contributed by atoms with Crippen molar-refractivity contribution in [2.45, 2.75) is 19.4 Å². The molecule has 1 atom stereocenters. The van der Waals surface area contributed by atoms with Gasteiger partial charge in [-0.3, -0.25) is 9.69 Å². The van der Waals surface area contributed by atoms with E-state index in [1.807, 2.05) is 6.92 Å². The molecule has 0 spiro atoms. The van der Waals surface area contributed by atoms with Crippen LogP contribution < -0.4 is 5.32 Å². The van der Waals surface area contributed by atoms with Crippen molar-refractivity contribution in [3.05, 3.63) is 0 Å². The van der Waals surface area contributed by atoms with Crippen molar-refractivity contribution < 1.29 is 9.90 Å². The van der Waals surface area contributed by atoms with Gasteiger partial charge in [-0.1, -0.05) is 0 Å². The maximum atomic E-state index is 11.9. The van der Waals surface area contributed by atoms with Crippen molar-refractivity contribution in [3.63, 3.8) is 0 Å². The Morgan fingerprint density at radius 2 is 2.25 bits per heavy atom. The highest BCUT2D eigenvalue weighted by Gasteiger charge is 2.18. The first-order chi connectivity index (χ1) is 7.65. The highest BCUT2D eigenvalue weighted by Crippen LogP contribution is 2.00. The lowest BCUT2D eigenvalue weighted by Gasteiger charge is -2.27. The number of hydrogen-bond donors (Lipinski definition) is 2. The van der Waals surface area contributed by atoms with Gasteiger partial charge in [-0.15, -0.1) is 0 Å². The molecule has 1 unspecified atom stereocenters. The molecule has 0 aromatic carbocycles. The minimum Gasteiger partial charge on any atom is -0.394 e. The van der Waals surface area contributed by atoms with Gasteiger partial charge in [0.05, 0.1) is 19.2 Å². The lowest BCUT2D eigenvalue weighted by molar-refractivity contribution is -0.133. The van der Waals surface area contributed by atoms with Crippen LogP contribution in [0.25, 0.3) is 0 Å². The summed E-state index contributed by atoms with van der Waals surface area (Å²) in [5.41, 5.74) is 0. The molecule has 0 bridgehead atoms. The van der Waals surface area contributed by atoms with E-state index in [1.54, 1.807) is 11.9 Å². The van der Waals surface area contributed by atoms with Gasteiger partial charge in [0.2, 0.25) is 5.91 Å². The molecule has 1 aliphatic heterocycles. The molecule has 1 saturated heterocycles. The number of nitrogens with zero attached hydrogens (tertiary/aromatic N) is 2. The predicted octanol–water partition coefficient (Wildman–Crippen LogP) is -0.879. The van der Waals surface area contributed by atoms with Gasteiger partial charge in [-0.05, 0) is 26.4 Å². The van der Waals surface area contributed by atoms with E-state index in [9.17, 15) is 4.79 Å². The van der Waals surface area contributed by atoms with Gasteiger partial charge in [0.15, 0.2) is 0 Å². The summed E-state index contributed by atoms with van der Waals surface area (Å²) in [6.07, 6.45) is 1.09. The summed E-state index contributed by atoms with van der Waals surface area (Å²) in [5.74, 6) is 0.0865. The monoisotopic (exact) mass is 229 g/mol. The average Bonchev–Trinajstić information content (AvgIpc) is 2.55. The third-order valence-electron chi connectivity index (χ3n) is 3.11. The number of carbonyl (C=O) groups is 1. The molecule has 5 nitrogen and oxygen atoms in total. The minimum atomic E-state index is -0.0994. The van der Waals surface area contributed by atoms with Crippen LogP contribution in [0.4, 0.5) is 0 Å². The summed E-state index contributed by atoms with van der Waals surface area (Å²) >= 11 is 0. The van der Waals surface area contributed by atoms with Crippen molar-refractivity contribution in [1.82, 2.24) is 15.1 Å². The molecule has 0 aromatic heterocycles. The van der Waals surface area contributed by atoms with Crippen molar-refractivity contribution in [2.75, 3.05) is 46.4 Å². The Bertz CT molecular complexity index is 215. The molecule has 1 amide bonds. The van der Waals surface area contributed by atoms with Crippen LogP contribution in [0.2, 0.25) is 0 Å². The molecule has 1 aliphatic rings. The number of nitrogens with one attached hydrogen (secondary N) is 1. The number of hydrogen-bond acceptors (Lipinski definition) is 4. The quantitative estimate of drug-likeness (QED) is 0.657. The first-order valence-corrected chi connectivity index (χ1v) is 5.94. The number of likely N-dealkylation sites (N-methyl/N-ethyl adjacent to an activating group) is 1. The predicted molar refractivity (Wildman–Crippen MR) is 63.2 cm³/mol. The van der Waals surface area contributed by atoms with Gasteiger partial charge in [0.1, 0.15) is 0 Å². The molecule has 0 saturated carbocycles. The van der Waals surface area contributed by atoms with Crippen molar-refractivity contribution >= 4 is 5.91 Å². The van der Waals surface area contributed by atoms with Gasteiger partial charge in [-0.25, -0.2) is 0 Å². The van der Waals surface area contributed by atoms with E-state index in [0.29, 0.717) is 6.54 Å². The molecule has 5 heteroatoms. The van der Waals surface area contributed by atoms with Crippen molar-refractivity contribution in [2.24, 2.45) is 0 Å². The second-order valence-electron chi connectivity index (χ2n) is 4.42. The maximum absolute atomic E-state index is 11.9. The lowest BCUT2D eigenvalue weighted by Crippen LogP contribution is -2.44. The van der Waals surface area contributed by atoms with E-state index in [1.165, 1.54) is 0 Å². The summed E-state index contributed by atoms with van der Waals surface area (Å²) in [7, 11) is 1.75. The molecule has 1 heterocycles. The van der Waals surface area contributed by atoms with Crippen LogP contribution in [0.5, 0.6) is 0 Å². The Morgan fingerprint density at radius 3 is 2.94 bits per heavy atom. The SMILES string of the molecule is CC(CO)N(C)C(=O)CN1CCCNCC1. The molecule has 1 fully saturated rings. The molecular formula is C11H23N3O2. The molecule has 0 radical (unpaired) electrons. The fraction of sp³-hybridized carbons (Fsp3) is 0.909. The number of aliphatic hydroxyl groups excluding tert-OH is 1. The van der Waals surface area contributed by atoms with Crippen LogP contribution in [0, 0.1) is 0 Å². The van der Waals surface area contributed by atoms with E-state index in [-0.39, 0.29) is 18.6 Å². The average molecular weight is 229 g/mol. The summed E-state index contributed by atoms with van der Waals surface area (Å²) in [6.45, 7) is 6.21. The zero-order valence-corrected chi connectivity index (χ0v) is 10.3. The third-order valence-corrected chi connectivity index (χ3v) is 3.11. The van der Waals surface area contributed by atoms with Gasteiger partial charge >= 0.3 is 0 Å². The van der Waals surface area contributed by atoms with Gasteiger partial charge in [0, 0.05) is 20.1 Å². The van der Waals surface area contributed by atoms with E-state index in [2.05, 4.69) is 10.2 Å². The largest absolute Gasteiger partial charge is 0.394 e. The first kappa shape index (κ1) is 13.4. The van der Waals surface area contributed by atoms with Crippen LogP contribution in [0.3, 0.4) is 0 Å². The Morgan fingerprint density at radius 1 is 1.50 bits per heavy atom. The number of carbonyl (C=O) groups excluding carboxylic acids is 1. The normalized spacial score (nSPS) is 20.2. The van der Waals surface area contributed by atoms with E-state index >= 15 is 0 Å². The second kappa shape index (κ2) is 6.83. The summed E-state index contributed by atoms with van der Waals surface area (Å²) < 4.78 is 0. The van der Waals surface area contributed by atoms with E-state index in [0.717, 1.165) is 32.6 Å². The number of amides is 1. The van der Waals surface area contributed by atoms with Crippen LogP contribution in [0.1, 0.15) is 13.3 Å². The standard InChI is InChI=1S/C11H23N3O2/c1-10(9-15)13(2)11(16)8-14-6-3-4-12-5-7-14/h10,12,15H,3-9H2,1-2H3. The molecule has 0 aromatic rings. The fourth-order valence-corrected chi connectivity index (χ4v) is 1.73. The summed E-state index contributed by atoms with van der Waals surface area (Å²) in [5, 5.41) is 12.3. The Hall–Kier alpha value is -0.650. The number of aliphatic hydroxyl groups is 1.